The molecular weight excluding hydrogens is 460 g/mol. The van der Waals surface area contributed by atoms with Gasteiger partial charge in [-0.2, -0.15) is 0 Å². The lowest BCUT2D eigenvalue weighted by Gasteiger charge is -2.13. The van der Waals surface area contributed by atoms with Crippen LogP contribution in [0.3, 0.4) is 0 Å². The molecule has 3 aromatic carbocycles. The van der Waals surface area contributed by atoms with Gasteiger partial charge in [-0.15, -0.1) is 5.10 Å². The fourth-order valence-electron chi connectivity index (χ4n) is 4.05. The SMILES string of the molecule is Cc1cn(-c2ccc(-c3nc4nn(-c5ccccc5)cc4c(=O)n3-c3ccc(Cl)cc3)cc2)cn1. The molecule has 0 saturated carbocycles. The van der Waals surface area contributed by atoms with Gasteiger partial charge >= 0.3 is 0 Å². The number of hydrogen-bond acceptors (Lipinski definition) is 4. The number of aromatic nitrogens is 6. The Morgan fingerprint density at radius 2 is 1.51 bits per heavy atom. The molecule has 0 amide bonds. The maximum absolute atomic E-state index is 13.8. The molecule has 170 valence electrons. The average molecular weight is 479 g/mol. The maximum atomic E-state index is 13.8. The van der Waals surface area contributed by atoms with E-state index in [1.165, 1.54) is 0 Å². The molecule has 0 aliphatic rings. The van der Waals surface area contributed by atoms with Gasteiger partial charge in [0.2, 0.25) is 0 Å². The lowest BCUT2D eigenvalue weighted by atomic mass is 10.1. The van der Waals surface area contributed by atoms with Crippen molar-refractivity contribution in [1.29, 1.82) is 0 Å². The van der Waals surface area contributed by atoms with E-state index >= 15 is 0 Å². The molecule has 0 fully saturated rings. The van der Waals surface area contributed by atoms with Crippen molar-refractivity contribution in [2.24, 2.45) is 0 Å². The van der Waals surface area contributed by atoms with Crippen LogP contribution in [0.25, 0.3) is 39.5 Å². The molecule has 35 heavy (non-hydrogen) atoms. The van der Waals surface area contributed by atoms with E-state index in [2.05, 4.69) is 10.1 Å². The highest BCUT2D eigenvalue weighted by molar-refractivity contribution is 6.30. The third-order valence-corrected chi connectivity index (χ3v) is 6.04. The van der Waals surface area contributed by atoms with Gasteiger partial charge in [0.25, 0.3) is 5.56 Å². The van der Waals surface area contributed by atoms with Crippen molar-refractivity contribution < 1.29 is 0 Å². The molecule has 6 rings (SSSR count). The first-order chi connectivity index (χ1) is 17.1. The number of fused-ring (bicyclic) bond motifs is 1. The van der Waals surface area contributed by atoms with Crippen molar-refractivity contribution in [1.82, 2.24) is 28.9 Å². The highest BCUT2D eigenvalue weighted by atomic mass is 35.5. The Bertz CT molecular complexity index is 1710. The van der Waals surface area contributed by atoms with Crippen LogP contribution in [0.4, 0.5) is 0 Å². The lowest BCUT2D eigenvalue weighted by Crippen LogP contribution is -2.21. The second-order valence-corrected chi connectivity index (χ2v) is 8.60. The van der Waals surface area contributed by atoms with Crippen LogP contribution in [0.1, 0.15) is 5.69 Å². The minimum absolute atomic E-state index is 0.205. The molecule has 3 aromatic heterocycles. The Morgan fingerprint density at radius 3 is 2.20 bits per heavy atom. The third kappa shape index (κ3) is 3.82. The van der Waals surface area contributed by atoms with Crippen LogP contribution in [-0.2, 0) is 0 Å². The zero-order valence-electron chi connectivity index (χ0n) is 18.7. The van der Waals surface area contributed by atoms with E-state index < -0.39 is 0 Å². The van der Waals surface area contributed by atoms with E-state index in [0.29, 0.717) is 27.6 Å². The van der Waals surface area contributed by atoms with Gasteiger partial charge in [-0.25, -0.2) is 14.6 Å². The smallest absolute Gasteiger partial charge is 0.269 e. The molecule has 8 heteroatoms. The highest BCUT2D eigenvalue weighted by Gasteiger charge is 2.18. The predicted octanol–water partition coefficient (Wildman–Crippen LogP) is 5.39. The molecule has 0 bridgehead atoms. The molecule has 0 aliphatic heterocycles. The largest absolute Gasteiger partial charge is 0.306 e. The maximum Gasteiger partial charge on any atom is 0.269 e. The van der Waals surface area contributed by atoms with Gasteiger partial charge in [0, 0.05) is 28.7 Å². The topological polar surface area (TPSA) is 70.5 Å². The molecular formula is C27H19ClN6O. The standard InChI is InChI=1S/C27H19ClN6O/c1-18-15-32(17-29-18)21-11-7-19(8-12-21)26-30-25-24(16-33(31-25)22-5-3-2-4-6-22)27(35)34(26)23-13-9-20(28)10-14-23/h2-17H,1H3. The van der Waals surface area contributed by atoms with Gasteiger partial charge in [0.1, 0.15) is 11.2 Å². The number of para-hydroxylation sites is 1. The predicted molar refractivity (Wildman–Crippen MR) is 137 cm³/mol. The summed E-state index contributed by atoms with van der Waals surface area (Å²) in [4.78, 5) is 22.9. The fraction of sp³-hybridized carbons (Fsp3) is 0.0370. The Labute approximate surface area is 205 Å². The molecule has 0 N–H and O–H groups in total. The van der Waals surface area contributed by atoms with Gasteiger partial charge in [-0.3, -0.25) is 9.36 Å². The van der Waals surface area contributed by atoms with Crippen LogP contribution in [-0.4, -0.2) is 28.9 Å². The summed E-state index contributed by atoms with van der Waals surface area (Å²) in [6.07, 6.45) is 5.45. The summed E-state index contributed by atoms with van der Waals surface area (Å²) in [6, 6.07) is 24.6. The molecule has 0 spiro atoms. The van der Waals surface area contributed by atoms with Crippen LogP contribution < -0.4 is 5.56 Å². The zero-order chi connectivity index (χ0) is 23.9. The summed E-state index contributed by atoms with van der Waals surface area (Å²) in [5, 5.41) is 5.63. The number of rotatable bonds is 4. The lowest BCUT2D eigenvalue weighted by molar-refractivity contribution is 0.888. The molecule has 0 aliphatic carbocycles. The van der Waals surface area contributed by atoms with Gasteiger partial charge in [-0.05, 0) is 67.6 Å². The normalized spacial score (nSPS) is 11.3. The quantitative estimate of drug-likeness (QED) is 0.341. The van der Waals surface area contributed by atoms with Gasteiger partial charge < -0.3 is 4.57 Å². The fourth-order valence-corrected chi connectivity index (χ4v) is 4.17. The molecule has 7 nitrogen and oxygen atoms in total. The minimum Gasteiger partial charge on any atom is -0.306 e. The van der Waals surface area contributed by atoms with E-state index in [1.807, 2.05) is 84.4 Å². The highest BCUT2D eigenvalue weighted by Crippen LogP contribution is 2.24. The monoisotopic (exact) mass is 478 g/mol. The van der Waals surface area contributed by atoms with Crippen LogP contribution in [0.2, 0.25) is 5.02 Å². The van der Waals surface area contributed by atoms with Crippen molar-refractivity contribution in [2.45, 2.75) is 6.92 Å². The van der Waals surface area contributed by atoms with Gasteiger partial charge in [0.05, 0.1) is 23.4 Å². The van der Waals surface area contributed by atoms with Crippen molar-refractivity contribution in [3.05, 3.63) is 119 Å². The van der Waals surface area contributed by atoms with E-state index in [4.69, 9.17) is 16.6 Å². The molecule has 0 unspecified atom stereocenters. The first-order valence-corrected chi connectivity index (χ1v) is 11.4. The van der Waals surface area contributed by atoms with E-state index in [9.17, 15) is 4.79 Å². The van der Waals surface area contributed by atoms with Gasteiger partial charge in [0.15, 0.2) is 5.65 Å². The second-order valence-electron chi connectivity index (χ2n) is 8.17. The van der Waals surface area contributed by atoms with Crippen LogP contribution in [0.5, 0.6) is 0 Å². The number of aryl methyl sites for hydroxylation is 1. The van der Waals surface area contributed by atoms with Crippen LogP contribution in [0, 0.1) is 6.92 Å². The number of halogens is 1. The molecule has 0 atom stereocenters. The number of benzene rings is 3. The Balaban J connectivity index is 1.56. The zero-order valence-corrected chi connectivity index (χ0v) is 19.5. The summed E-state index contributed by atoms with van der Waals surface area (Å²) < 4.78 is 5.23. The Morgan fingerprint density at radius 1 is 0.800 bits per heavy atom. The van der Waals surface area contributed by atoms with Crippen molar-refractivity contribution in [3.63, 3.8) is 0 Å². The molecule has 3 heterocycles. The van der Waals surface area contributed by atoms with Crippen molar-refractivity contribution in [2.75, 3.05) is 0 Å². The first kappa shape index (κ1) is 21.1. The number of imidazole rings is 1. The summed E-state index contributed by atoms with van der Waals surface area (Å²) in [5.41, 5.74) is 4.39. The average Bonchev–Trinajstić information content (AvgIpc) is 3.52. The summed E-state index contributed by atoms with van der Waals surface area (Å²) in [6.45, 7) is 1.95. The number of hydrogen-bond donors (Lipinski definition) is 0. The molecule has 0 radical (unpaired) electrons. The Kier molecular flexibility index (Phi) is 5.04. The summed E-state index contributed by atoms with van der Waals surface area (Å²) in [5.74, 6) is 0.497. The molecule has 0 saturated heterocycles. The third-order valence-electron chi connectivity index (χ3n) is 5.79. The number of nitrogens with zero attached hydrogens (tertiary/aromatic N) is 6. The first-order valence-electron chi connectivity index (χ1n) is 11.0. The summed E-state index contributed by atoms with van der Waals surface area (Å²) in [7, 11) is 0. The van der Waals surface area contributed by atoms with Crippen LogP contribution in [0.15, 0.2) is 102 Å². The van der Waals surface area contributed by atoms with Crippen molar-refractivity contribution >= 4 is 22.6 Å². The second kappa shape index (κ2) is 8.38. The van der Waals surface area contributed by atoms with Gasteiger partial charge in [-0.1, -0.05) is 29.8 Å². The van der Waals surface area contributed by atoms with Crippen LogP contribution >= 0.6 is 11.6 Å². The van der Waals surface area contributed by atoms with E-state index in [1.54, 1.807) is 33.9 Å². The molecule has 6 aromatic rings. The van der Waals surface area contributed by atoms with E-state index in [0.717, 1.165) is 22.6 Å². The summed E-state index contributed by atoms with van der Waals surface area (Å²) >= 11 is 6.12. The minimum atomic E-state index is -0.205. The van der Waals surface area contributed by atoms with Crippen molar-refractivity contribution in [3.8, 4) is 28.5 Å². The Hall–Kier alpha value is -4.49. The van der Waals surface area contributed by atoms with E-state index in [-0.39, 0.29) is 5.56 Å².